The van der Waals surface area contributed by atoms with E-state index in [1.54, 1.807) is 0 Å². The fraction of sp³-hybridized carbons (Fsp3) is 0.0435. The van der Waals surface area contributed by atoms with E-state index in [9.17, 15) is 14.8 Å². The SMILES string of the molecule is Cn1cc(C2=C(c3cccc4ccccc34)C(=O)N(O)C2=O)c2ccccc21. The Labute approximate surface area is 160 Å². The zero-order valence-corrected chi connectivity index (χ0v) is 15.1. The predicted molar refractivity (Wildman–Crippen MR) is 107 cm³/mol. The molecular weight excluding hydrogens is 352 g/mol. The van der Waals surface area contributed by atoms with Crippen molar-refractivity contribution < 1.29 is 14.8 Å². The van der Waals surface area contributed by atoms with Crippen LogP contribution < -0.4 is 0 Å². The van der Waals surface area contributed by atoms with Crippen LogP contribution in [0.25, 0.3) is 32.8 Å². The average molecular weight is 368 g/mol. The van der Waals surface area contributed by atoms with Gasteiger partial charge in [-0.2, -0.15) is 0 Å². The second kappa shape index (κ2) is 5.90. The van der Waals surface area contributed by atoms with Crippen molar-refractivity contribution in [2.75, 3.05) is 0 Å². The lowest BCUT2D eigenvalue weighted by Gasteiger charge is -2.08. The maximum atomic E-state index is 12.9. The summed E-state index contributed by atoms with van der Waals surface area (Å²) in [5, 5.41) is 13.1. The van der Waals surface area contributed by atoms with Gasteiger partial charge in [0.2, 0.25) is 0 Å². The molecule has 28 heavy (non-hydrogen) atoms. The molecule has 3 aromatic carbocycles. The molecule has 1 aliphatic heterocycles. The van der Waals surface area contributed by atoms with Crippen molar-refractivity contribution in [2.24, 2.45) is 7.05 Å². The first-order valence-electron chi connectivity index (χ1n) is 8.92. The van der Waals surface area contributed by atoms with E-state index in [1.807, 2.05) is 84.5 Å². The molecule has 0 radical (unpaired) electrons. The van der Waals surface area contributed by atoms with Crippen LogP contribution >= 0.6 is 0 Å². The van der Waals surface area contributed by atoms with Crippen LogP contribution in [0.1, 0.15) is 11.1 Å². The molecule has 0 spiro atoms. The summed E-state index contributed by atoms with van der Waals surface area (Å²) in [6.07, 6.45) is 1.83. The molecular formula is C23H16N2O3. The molecule has 0 aliphatic carbocycles. The number of benzene rings is 3. The van der Waals surface area contributed by atoms with E-state index in [-0.39, 0.29) is 16.2 Å². The number of carbonyl (C=O) groups is 2. The van der Waals surface area contributed by atoms with Crippen LogP contribution in [0.15, 0.2) is 72.9 Å². The minimum Gasteiger partial charge on any atom is -0.350 e. The van der Waals surface area contributed by atoms with Crippen molar-refractivity contribution in [1.82, 2.24) is 9.63 Å². The molecule has 5 rings (SSSR count). The number of rotatable bonds is 2. The van der Waals surface area contributed by atoms with Crippen LogP contribution in [0, 0.1) is 0 Å². The zero-order valence-electron chi connectivity index (χ0n) is 15.1. The number of aromatic nitrogens is 1. The summed E-state index contributed by atoms with van der Waals surface area (Å²) in [5.74, 6) is -1.41. The number of hydrogen-bond donors (Lipinski definition) is 1. The lowest BCUT2D eigenvalue weighted by atomic mass is 9.92. The van der Waals surface area contributed by atoms with Gasteiger partial charge in [0.25, 0.3) is 11.8 Å². The van der Waals surface area contributed by atoms with E-state index >= 15 is 0 Å². The number of fused-ring (bicyclic) bond motifs is 2. The molecule has 1 aliphatic rings. The summed E-state index contributed by atoms with van der Waals surface area (Å²) in [7, 11) is 1.89. The summed E-state index contributed by atoms with van der Waals surface area (Å²) >= 11 is 0. The van der Waals surface area contributed by atoms with E-state index in [0.717, 1.165) is 21.7 Å². The highest BCUT2D eigenvalue weighted by molar-refractivity contribution is 6.50. The molecule has 2 amide bonds. The van der Waals surface area contributed by atoms with Gasteiger partial charge in [0.05, 0.1) is 11.1 Å². The second-order valence-corrected chi connectivity index (χ2v) is 6.87. The summed E-state index contributed by atoms with van der Waals surface area (Å²) in [6.45, 7) is 0. The molecule has 0 saturated carbocycles. The maximum absolute atomic E-state index is 12.9. The highest BCUT2D eigenvalue weighted by atomic mass is 16.5. The van der Waals surface area contributed by atoms with Crippen molar-refractivity contribution >= 4 is 44.6 Å². The predicted octanol–water partition coefficient (Wildman–Crippen LogP) is 4.00. The molecule has 136 valence electrons. The standard InChI is InChI=1S/C23H16N2O3/c1-24-13-18(16-10-4-5-12-19(16)24)21-20(22(26)25(28)23(21)27)17-11-6-8-14-7-2-3-9-15(14)17/h2-13,28H,1H3. The molecule has 0 atom stereocenters. The highest BCUT2D eigenvalue weighted by Crippen LogP contribution is 2.40. The number of nitrogens with zero attached hydrogens (tertiary/aromatic N) is 2. The number of hydrogen-bond acceptors (Lipinski definition) is 3. The van der Waals surface area contributed by atoms with Gasteiger partial charge in [0, 0.05) is 29.7 Å². The Morgan fingerprint density at radius 1 is 0.714 bits per heavy atom. The van der Waals surface area contributed by atoms with Gasteiger partial charge < -0.3 is 4.57 Å². The molecule has 0 fully saturated rings. The third-order valence-electron chi connectivity index (χ3n) is 5.29. The summed E-state index contributed by atoms with van der Waals surface area (Å²) in [5.41, 5.74) is 2.66. The fourth-order valence-electron chi connectivity index (χ4n) is 4.00. The first-order valence-corrected chi connectivity index (χ1v) is 8.92. The Morgan fingerprint density at radius 2 is 1.32 bits per heavy atom. The van der Waals surface area contributed by atoms with E-state index < -0.39 is 11.8 Å². The van der Waals surface area contributed by atoms with Crippen LogP contribution in [0.4, 0.5) is 0 Å². The molecule has 0 saturated heterocycles. The zero-order chi connectivity index (χ0) is 19.4. The molecule has 2 heterocycles. The van der Waals surface area contributed by atoms with E-state index in [1.165, 1.54) is 0 Å². The minimum atomic E-state index is -0.704. The Balaban J connectivity index is 1.90. The monoisotopic (exact) mass is 368 g/mol. The Morgan fingerprint density at radius 3 is 2.11 bits per heavy atom. The fourth-order valence-corrected chi connectivity index (χ4v) is 4.00. The average Bonchev–Trinajstić information content (AvgIpc) is 3.17. The van der Waals surface area contributed by atoms with Crippen LogP contribution in [-0.2, 0) is 16.6 Å². The molecule has 1 N–H and O–H groups in total. The number of amides is 2. The normalized spacial score (nSPS) is 14.7. The topological polar surface area (TPSA) is 62.5 Å². The van der Waals surface area contributed by atoms with Gasteiger partial charge in [-0.25, -0.2) is 0 Å². The van der Waals surface area contributed by atoms with Crippen molar-refractivity contribution in [3.63, 3.8) is 0 Å². The van der Waals surface area contributed by atoms with Crippen molar-refractivity contribution in [3.05, 3.63) is 84.1 Å². The molecule has 4 aromatic rings. The maximum Gasteiger partial charge on any atom is 0.286 e. The van der Waals surface area contributed by atoms with Crippen molar-refractivity contribution in [3.8, 4) is 0 Å². The van der Waals surface area contributed by atoms with Gasteiger partial charge in [0.15, 0.2) is 0 Å². The molecule has 5 nitrogen and oxygen atoms in total. The van der Waals surface area contributed by atoms with Crippen LogP contribution in [-0.4, -0.2) is 26.7 Å². The highest BCUT2D eigenvalue weighted by Gasteiger charge is 2.40. The molecule has 5 heteroatoms. The van der Waals surface area contributed by atoms with E-state index in [2.05, 4.69) is 0 Å². The van der Waals surface area contributed by atoms with Crippen molar-refractivity contribution in [2.45, 2.75) is 0 Å². The number of hydroxylamine groups is 2. The second-order valence-electron chi connectivity index (χ2n) is 6.87. The lowest BCUT2D eigenvalue weighted by Crippen LogP contribution is -2.27. The first kappa shape index (κ1) is 16.5. The van der Waals surface area contributed by atoms with Crippen LogP contribution in [0.2, 0.25) is 0 Å². The van der Waals surface area contributed by atoms with Gasteiger partial charge in [0.1, 0.15) is 0 Å². The first-order chi connectivity index (χ1) is 13.6. The number of aryl methyl sites for hydroxylation is 1. The summed E-state index contributed by atoms with van der Waals surface area (Å²) < 4.78 is 1.91. The van der Waals surface area contributed by atoms with Gasteiger partial charge in [-0.1, -0.05) is 60.7 Å². The number of imide groups is 1. The van der Waals surface area contributed by atoms with Crippen molar-refractivity contribution in [1.29, 1.82) is 0 Å². The molecule has 0 unspecified atom stereocenters. The van der Waals surface area contributed by atoms with Gasteiger partial charge in [-0.05, 0) is 22.4 Å². The lowest BCUT2D eigenvalue weighted by molar-refractivity contribution is -0.168. The molecule has 0 bridgehead atoms. The van der Waals surface area contributed by atoms with E-state index in [4.69, 9.17) is 0 Å². The van der Waals surface area contributed by atoms with Crippen LogP contribution in [0.5, 0.6) is 0 Å². The van der Waals surface area contributed by atoms with Gasteiger partial charge in [-0.15, -0.1) is 5.06 Å². The minimum absolute atomic E-state index is 0.216. The Hall–Kier alpha value is -3.70. The summed E-state index contributed by atoms with van der Waals surface area (Å²) in [4.78, 5) is 25.8. The number of para-hydroxylation sites is 1. The Bertz CT molecular complexity index is 1320. The third kappa shape index (κ3) is 2.17. The summed E-state index contributed by atoms with van der Waals surface area (Å²) in [6, 6.07) is 21.0. The third-order valence-corrected chi connectivity index (χ3v) is 5.29. The van der Waals surface area contributed by atoms with Crippen LogP contribution in [0.3, 0.4) is 0 Å². The quantitative estimate of drug-likeness (QED) is 0.430. The van der Waals surface area contributed by atoms with Gasteiger partial charge >= 0.3 is 0 Å². The van der Waals surface area contributed by atoms with Gasteiger partial charge in [-0.3, -0.25) is 14.8 Å². The Kier molecular flexibility index (Phi) is 3.47. The largest absolute Gasteiger partial charge is 0.350 e. The number of carbonyl (C=O) groups excluding carboxylic acids is 2. The van der Waals surface area contributed by atoms with E-state index in [0.29, 0.717) is 11.1 Å². The smallest absolute Gasteiger partial charge is 0.286 e. The molecule has 1 aromatic heterocycles.